The van der Waals surface area contributed by atoms with E-state index < -0.39 is 5.91 Å². The van der Waals surface area contributed by atoms with Gasteiger partial charge < -0.3 is 10.5 Å². The Hall–Kier alpha value is -3.59. The van der Waals surface area contributed by atoms with Crippen LogP contribution in [0.4, 0.5) is 0 Å². The largest absolute Gasteiger partial charge is 0.484 e. The number of pyridine rings is 1. The molecular weight excluding hydrogens is 366 g/mol. The zero-order chi connectivity index (χ0) is 18.8. The van der Waals surface area contributed by atoms with E-state index in [1.54, 1.807) is 48.8 Å². The maximum Gasteiger partial charge on any atom is 0.291 e. The third-order valence-corrected chi connectivity index (χ3v) is 4.62. The van der Waals surface area contributed by atoms with Crippen molar-refractivity contribution in [1.82, 2.24) is 19.6 Å². The first kappa shape index (κ1) is 16.9. The smallest absolute Gasteiger partial charge is 0.291 e. The summed E-state index contributed by atoms with van der Waals surface area (Å²) in [5.74, 6) is 0.452. The molecule has 8 nitrogen and oxygen atoms in total. The Morgan fingerprint density at radius 1 is 1.26 bits per heavy atom. The van der Waals surface area contributed by atoms with Crippen LogP contribution in [0.5, 0.6) is 5.75 Å². The fourth-order valence-corrected chi connectivity index (χ4v) is 3.32. The molecule has 9 heteroatoms. The van der Waals surface area contributed by atoms with Crippen LogP contribution < -0.4 is 20.6 Å². The highest BCUT2D eigenvalue weighted by Crippen LogP contribution is 2.15. The van der Waals surface area contributed by atoms with Gasteiger partial charge in [0.15, 0.2) is 12.4 Å². The van der Waals surface area contributed by atoms with Crippen molar-refractivity contribution in [3.8, 4) is 17.1 Å². The molecule has 0 spiro atoms. The Kier molecular flexibility index (Phi) is 4.35. The van der Waals surface area contributed by atoms with Gasteiger partial charge in [-0.15, -0.1) is 5.10 Å². The second kappa shape index (κ2) is 6.96. The summed E-state index contributed by atoms with van der Waals surface area (Å²) in [6, 6.07) is 10.6. The van der Waals surface area contributed by atoms with Gasteiger partial charge in [-0.3, -0.25) is 14.6 Å². The zero-order valence-corrected chi connectivity index (χ0v) is 14.7. The molecule has 1 amide bonds. The van der Waals surface area contributed by atoms with Crippen LogP contribution >= 0.6 is 11.3 Å². The Morgan fingerprint density at radius 3 is 2.74 bits per heavy atom. The average Bonchev–Trinajstić information content (AvgIpc) is 3.22. The summed E-state index contributed by atoms with van der Waals surface area (Å²) in [5, 5.41) is 4.28. The quantitative estimate of drug-likeness (QED) is 0.544. The summed E-state index contributed by atoms with van der Waals surface area (Å²) < 4.78 is 7.03. The fraction of sp³-hybridized carbons (Fsp3) is 0.0556. The molecule has 4 rings (SSSR count). The first-order valence-electron chi connectivity index (χ1n) is 7.93. The third kappa shape index (κ3) is 3.53. The summed E-state index contributed by atoms with van der Waals surface area (Å²) in [5.41, 5.74) is 6.38. The van der Waals surface area contributed by atoms with Crippen molar-refractivity contribution >= 4 is 28.3 Å². The molecule has 0 atom stereocenters. The van der Waals surface area contributed by atoms with Crippen LogP contribution in [0.2, 0.25) is 0 Å². The molecule has 0 fully saturated rings. The molecule has 0 aliphatic heterocycles. The van der Waals surface area contributed by atoms with E-state index in [2.05, 4.69) is 15.1 Å². The molecule has 2 N–H and O–H groups in total. The van der Waals surface area contributed by atoms with Gasteiger partial charge in [0, 0.05) is 18.0 Å². The number of ether oxygens (including phenoxy) is 1. The molecule has 0 aliphatic rings. The van der Waals surface area contributed by atoms with Crippen LogP contribution in [0, 0.1) is 0 Å². The number of hydrogen-bond donors (Lipinski definition) is 1. The summed E-state index contributed by atoms with van der Waals surface area (Å²) in [4.78, 5) is 32.3. The maximum absolute atomic E-state index is 12.6. The predicted molar refractivity (Wildman–Crippen MR) is 100 cm³/mol. The van der Waals surface area contributed by atoms with Gasteiger partial charge in [-0.1, -0.05) is 23.5 Å². The van der Waals surface area contributed by atoms with Crippen molar-refractivity contribution in [2.75, 3.05) is 6.61 Å². The summed E-state index contributed by atoms with van der Waals surface area (Å²) in [7, 11) is 0. The molecule has 0 bridgehead atoms. The zero-order valence-electron chi connectivity index (χ0n) is 13.9. The molecule has 0 aliphatic carbocycles. The van der Waals surface area contributed by atoms with Crippen molar-refractivity contribution in [1.29, 1.82) is 0 Å². The number of amides is 1. The highest BCUT2D eigenvalue weighted by Gasteiger charge is 2.11. The highest BCUT2D eigenvalue weighted by atomic mass is 32.1. The molecule has 0 saturated heterocycles. The van der Waals surface area contributed by atoms with E-state index in [-0.39, 0.29) is 12.2 Å². The van der Waals surface area contributed by atoms with Crippen molar-refractivity contribution < 1.29 is 9.53 Å². The standard InChI is InChI=1S/C18H13N5O3S/c19-15(24)10-26-13-5-3-11(4-6-13)8-14-17(25)23-18(27-14)21-16(22-23)12-2-1-7-20-9-12/h1-9H,10H2,(H2,19,24). The lowest BCUT2D eigenvalue weighted by molar-refractivity contribution is -0.119. The second-order valence-corrected chi connectivity index (χ2v) is 6.62. The number of thiazole rings is 1. The Morgan fingerprint density at radius 2 is 2.07 bits per heavy atom. The second-order valence-electron chi connectivity index (χ2n) is 5.61. The molecule has 0 saturated carbocycles. The Balaban J connectivity index is 1.64. The van der Waals surface area contributed by atoms with E-state index in [0.717, 1.165) is 11.1 Å². The lowest BCUT2D eigenvalue weighted by atomic mass is 10.2. The molecule has 3 aromatic heterocycles. The third-order valence-electron chi connectivity index (χ3n) is 3.66. The fourth-order valence-electron chi connectivity index (χ4n) is 2.42. The van der Waals surface area contributed by atoms with E-state index in [0.29, 0.717) is 21.1 Å². The van der Waals surface area contributed by atoms with E-state index in [4.69, 9.17) is 10.5 Å². The Bertz CT molecular complexity index is 1220. The minimum absolute atomic E-state index is 0.180. The summed E-state index contributed by atoms with van der Waals surface area (Å²) in [6.45, 7) is -0.180. The van der Waals surface area contributed by atoms with Gasteiger partial charge in [-0.25, -0.2) is 0 Å². The van der Waals surface area contributed by atoms with Gasteiger partial charge in [0.05, 0.1) is 4.53 Å². The topological polar surface area (TPSA) is 112 Å². The van der Waals surface area contributed by atoms with Crippen LogP contribution in [0.3, 0.4) is 0 Å². The van der Waals surface area contributed by atoms with Crippen molar-refractivity contribution in [3.63, 3.8) is 0 Å². The predicted octanol–water partition coefficient (Wildman–Crippen LogP) is 0.625. The number of nitrogens with two attached hydrogens (primary N) is 1. The number of hydrogen-bond acceptors (Lipinski definition) is 7. The molecule has 1 aromatic carbocycles. The van der Waals surface area contributed by atoms with Crippen LogP contribution in [0.1, 0.15) is 5.56 Å². The van der Waals surface area contributed by atoms with Gasteiger partial charge in [0.25, 0.3) is 11.5 Å². The molecule has 134 valence electrons. The molecular formula is C18H13N5O3S. The number of aromatic nitrogens is 4. The van der Waals surface area contributed by atoms with Crippen molar-refractivity contribution in [2.24, 2.45) is 5.73 Å². The minimum atomic E-state index is -0.540. The van der Waals surface area contributed by atoms with Gasteiger partial charge in [0.1, 0.15) is 5.75 Å². The molecule has 3 heterocycles. The van der Waals surface area contributed by atoms with Gasteiger partial charge in [-0.05, 0) is 35.9 Å². The molecule has 0 radical (unpaired) electrons. The molecule has 27 heavy (non-hydrogen) atoms. The first-order chi connectivity index (χ1) is 13.1. The van der Waals surface area contributed by atoms with Crippen molar-refractivity contribution in [2.45, 2.75) is 0 Å². The van der Waals surface area contributed by atoms with Gasteiger partial charge in [0.2, 0.25) is 4.96 Å². The Labute approximate surface area is 156 Å². The SMILES string of the molecule is NC(=O)COc1ccc(C=c2sc3nc(-c4cccnc4)nn3c2=O)cc1. The van der Waals surface area contributed by atoms with E-state index >= 15 is 0 Å². The van der Waals surface area contributed by atoms with Crippen LogP contribution in [0.25, 0.3) is 22.4 Å². The van der Waals surface area contributed by atoms with Crippen LogP contribution in [0.15, 0.2) is 53.6 Å². The van der Waals surface area contributed by atoms with Crippen LogP contribution in [-0.4, -0.2) is 32.1 Å². The number of carbonyl (C=O) groups excluding carboxylic acids is 1. The molecule has 0 unspecified atom stereocenters. The van der Waals surface area contributed by atoms with Gasteiger partial charge >= 0.3 is 0 Å². The number of rotatable bonds is 5. The van der Waals surface area contributed by atoms with E-state index in [1.807, 2.05) is 6.07 Å². The van der Waals surface area contributed by atoms with Gasteiger partial charge in [-0.2, -0.15) is 9.50 Å². The maximum atomic E-state index is 12.6. The van der Waals surface area contributed by atoms with E-state index in [9.17, 15) is 9.59 Å². The van der Waals surface area contributed by atoms with Crippen molar-refractivity contribution in [3.05, 3.63) is 69.2 Å². The van der Waals surface area contributed by atoms with E-state index in [1.165, 1.54) is 15.9 Å². The lowest BCUT2D eigenvalue weighted by Gasteiger charge is -2.03. The lowest BCUT2D eigenvalue weighted by Crippen LogP contribution is -2.23. The van der Waals surface area contributed by atoms with Crippen LogP contribution in [-0.2, 0) is 4.79 Å². The minimum Gasteiger partial charge on any atom is -0.484 e. The number of benzene rings is 1. The first-order valence-corrected chi connectivity index (χ1v) is 8.75. The highest BCUT2D eigenvalue weighted by molar-refractivity contribution is 7.15. The number of carbonyl (C=O) groups is 1. The number of nitrogens with zero attached hydrogens (tertiary/aromatic N) is 4. The summed E-state index contributed by atoms with van der Waals surface area (Å²) in [6.07, 6.45) is 5.07. The number of fused-ring (bicyclic) bond motifs is 1. The average molecular weight is 379 g/mol. The summed E-state index contributed by atoms with van der Waals surface area (Å²) >= 11 is 1.26. The normalized spacial score (nSPS) is 11.8. The number of primary amides is 1. The monoisotopic (exact) mass is 379 g/mol. The molecule has 4 aromatic rings.